The Balaban J connectivity index is 1.78. The minimum absolute atomic E-state index is 0.431. The number of piperidine rings is 1. The molecule has 0 aromatic carbocycles. The molecule has 0 bridgehead atoms. The predicted molar refractivity (Wildman–Crippen MR) is 71.0 cm³/mol. The fourth-order valence-corrected chi connectivity index (χ4v) is 3.43. The van der Waals surface area contributed by atoms with Crippen molar-refractivity contribution in [2.75, 3.05) is 26.7 Å². The molecule has 0 amide bonds. The van der Waals surface area contributed by atoms with Gasteiger partial charge < -0.3 is 15.4 Å². The molecule has 0 aromatic rings. The van der Waals surface area contributed by atoms with Crippen LogP contribution in [0.4, 0.5) is 0 Å². The van der Waals surface area contributed by atoms with Crippen molar-refractivity contribution in [1.29, 1.82) is 0 Å². The third kappa shape index (κ3) is 3.67. The molecule has 0 radical (unpaired) electrons. The van der Waals surface area contributed by atoms with Gasteiger partial charge in [0.1, 0.15) is 0 Å². The Bertz CT molecular complexity index is 234. The molecule has 2 rings (SSSR count). The largest absolute Gasteiger partial charge is 0.380 e. The molecule has 3 nitrogen and oxygen atoms in total. The van der Waals surface area contributed by atoms with Gasteiger partial charge in [0, 0.05) is 26.2 Å². The van der Waals surface area contributed by atoms with Gasteiger partial charge in [0.05, 0.1) is 6.10 Å². The number of nitrogens with zero attached hydrogens (tertiary/aromatic N) is 1. The maximum absolute atomic E-state index is 6.06. The number of nitrogens with two attached hydrogens (primary N) is 1. The molecule has 1 saturated carbocycles. The van der Waals surface area contributed by atoms with E-state index in [2.05, 4.69) is 11.8 Å². The van der Waals surface area contributed by atoms with Gasteiger partial charge in [-0.1, -0.05) is 13.3 Å². The molecule has 0 aromatic heterocycles. The molecular formula is C14H28N2O. The Labute approximate surface area is 106 Å². The van der Waals surface area contributed by atoms with E-state index in [-0.39, 0.29) is 0 Å². The summed E-state index contributed by atoms with van der Waals surface area (Å²) in [5.41, 5.74) is 6.06. The second kappa shape index (κ2) is 6.17. The number of rotatable bonds is 3. The fraction of sp³-hybridized carbons (Fsp3) is 1.00. The summed E-state index contributed by atoms with van der Waals surface area (Å²) in [5.74, 6) is 1.54. The van der Waals surface area contributed by atoms with Crippen LogP contribution in [0.5, 0.6) is 0 Å². The van der Waals surface area contributed by atoms with Crippen LogP contribution < -0.4 is 5.73 Å². The number of hydrogen-bond donors (Lipinski definition) is 1. The number of hydrogen-bond acceptors (Lipinski definition) is 3. The van der Waals surface area contributed by atoms with Gasteiger partial charge >= 0.3 is 0 Å². The molecule has 0 spiro atoms. The van der Waals surface area contributed by atoms with Crippen LogP contribution in [0, 0.1) is 11.8 Å². The number of likely N-dealkylation sites (tertiary alicyclic amines) is 1. The summed E-state index contributed by atoms with van der Waals surface area (Å²) in [7, 11) is 1.85. The molecule has 2 fully saturated rings. The zero-order chi connectivity index (χ0) is 12.3. The van der Waals surface area contributed by atoms with Gasteiger partial charge in [-0.05, 0) is 44.1 Å². The van der Waals surface area contributed by atoms with Gasteiger partial charge in [-0.25, -0.2) is 0 Å². The smallest absolute Gasteiger partial charge is 0.0724 e. The SMILES string of the molecule is COC1CN(CC2CCCC(N)C2)CCC1C. The molecule has 2 aliphatic rings. The molecule has 1 heterocycles. The maximum atomic E-state index is 6.06. The quantitative estimate of drug-likeness (QED) is 0.818. The summed E-state index contributed by atoms with van der Waals surface area (Å²) < 4.78 is 5.58. The van der Waals surface area contributed by atoms with Crippen LogP contribution in [0.2, 0.25) is 0 Å². The van der Waals surface area contributed by atoms with E-state index >= 15 is 0 Å². The Hall–Kier alpha value is -0.120. The van der Waals surface area contributed by atoms with E-state index in [1.165, 1.54) is 45.2 Å². The number of ether oxygens (including phenoxy) is 1. The predicted octanol–water partition coefficient (Wildman–Crippen LogP) is 1.86. The number of methoxy groups -OCH3 is 1. The lowest BCUT2D eigenvalue weighted by Crippen LogP contribution is -2.46. The zero-order valence-corrected chi connectivity index (χ0v) is 11.4. The van der Waals surface area contributed by atoms with Crippen LogP contribution in [-0.2, 0) is 4.74 Å². The first-order valence-corrected chi connectivity index (χ1v) is 7.19. The minimum atomic E-state index is 0.431. The second-order valence-corrected chi connectivity index (χ2v) is 6.09. The topological polar surface area (TPSA) is 38.5 Å². The van der Waals surface area contributed by atoms with Crippen molar-refractivity contribution in [2.24, 2.45) is 17.6 Å². The van der Waals surface area contributed by atoms with E-state index in [4.69, 9.17) is 10.5 Å². The minimum Gasteiger partial charge on any atom is -0.380 e. The summed E-state index contributed by atoms with van der Waals surface area (Å²) in [6, 6.07) is 0.454. The Morgan fingerprint density at radius 3 is 2.82 bits per heavy atom. The van der Waals surface area contributed by atoms with Crippen molar-refractivity contribution >= 4 is 0 Å². The lowest BCUT2D eigenvalue weighted by Gasteiger charge is -2.39. The molecule has 1 aliphatic carbocycles. The summed E-state index contributed by atoms with van der Waals surface area (Å²) in [6.07, 6.45) is 6.86. The first-order valence-electron chi connectivity index (χ1n) is 7.19. The van der Waals surface area contributed by atoms with Gasteiger partial charge in [0.2, 0.25) is 0 Å². The Morgan fingerprint density at radius 1 is 1.29 bits per heavy atom. The van der Waals surface area contributed by atoms with E-state index in [0.29, 0.717) is 18.1 Å². The second-order valence-electron chi connectivity index (χ2n) is 6.09. The zero-order valence-electron chi connectivity index (χ0n) is 11.4. The first-order chi connectivity index (χ1) is 8.19. The molecule has 2 N–H and O–H groups in total. The summed E-state index contributed by atoms with van der Waals surface area (Å²) >= 11 is 0. The van der Waals surface area contributed by atoms with Crippen LogP contribution in [0.3, 0.4) is 0 Å². The van der Waals surface area contributed by atoms with Gasteiger partial charge in [-0.2, -0.15) is 0 Å². The van der Waals surface area contributed by atoms with Crippen molar-refractivity contribution in [3.05, 3.63) is 0 Å². The molecule has 4 atom stereocenters. The fourth-order valence-electron chi connectivity index (χ4n) is 3.43. The van der Waals surface area contributed by atoms with E-state index in [0.717, 1.165) is 12.5 Å². The molecular weight excluding hydrogens is 212 g/mol. The molecule has 3 heteroatoms. The van der Waals surface area contributed by atoms with Crippen LogP contribution in [0.1, 0.15) is 39.0 Å². The Morgan fingerprint density at radius 2 is 2.12 bits per heavy atom. The van der Waals surface area contributed by atoms with Crippen LogP contribution in [0.15, 0.2) is 0 Å². The average molecular weight is 240 g/mol. The highest BCUT2D eigenvalue weighted by molar-refractivity contribution is 4.82. The van der Waals surface area contributed by atoms with Crippen LogP contribution in [0.25, 0.3) is 0 Å². The van der Waals surface area contributed by atoms with Gasteiger partial charge in [-0.3, -0.25) is 0 Å². The molecule has 4 unspecified atom stereocenters. The lowest BCUT2D eigenvalue weighted by molar-refractivity contribution is -0.0111. The van der Waals surface area contributed by atoms with Gasteiger partial charge in [0.15, 0.2) is 0 Å². The molecule has 1 aliphatic heterocycles. The van der Waals surface area contributed by atoms with Crippen LogP contribution >= 0.6 is 0 Å². The molecule has 100 valence electrons. The van der Waals surface area contributed by atoms with E-state index in [1.54, 1.807) is 0 Å². The van der Waals surface area contributed by atoms with Gasteiger partial charge in [0.25, 0.3) is 0 Å². The summed E-state index contributed by atoms with van der Waals surface area (Å²) in [6.45, 7) is 5.90. The van der Waals surface area contributed by atoms with E-state index < -0.39 is 0 Å². The van der Waals surface area contributed by atoms with Crippen molar-refractivity contribution < 1.29 is 4.74 Å². The lowest BCUT2D eigenvalue weighted by atomic mass is 9.85. The van der Waals surface area contributed by atoms with E-state index in [1.807, 2.05) is 7.11 Å². The van der Waals surface area contributed by atoms with Gasteiger partial charge in [-0.15, -0.1) is 0 Å². The van der Waals surface area contributed by atoms with Crippen LogP contribution in [-0.4, -0.2) is 43.8 Å². The van der Waals surface area contributed by atoms with E-state index in [9.17, 15) is 0 Å². The highest BCUT2D eigenvalue weighted by Crippen LogP contribution is 2.26. The van der Waals surface area contributed by atoms with Crippen molar-refractivity contribution in [1.82, 2.24) is 4.90 Å². The summed E-state index contributed by atoms with van der Waals surface area (Å²) in [4.78, 5) is 2.59. The standard InChI is InChI=1S/C14H28N2O/c1-11-6-7-16(10-14(11)17-2)9-12-4-3-5-13(15)8-12/h11-14H,3-10,15H2,1-2H3. The summed E-state index contributed by atoms with van der Waals surface area (Å²) in [5, 5.41) is 0. The monoisotopic (exact) mass is 240 g/mol. The highest BCUT2D eigenvalue weighted by Gasteiger charge is 2.28. The molecule has 17 heavy (non-hydrogen) atoms. The third-order valence-corrected chi connectivity index (χ3v) is 4.62. The normalized spacial score (nSPS) is 40.4. The third-order valence-electron chi connectivity index (χ3n) is 4.62. The Kier molecular flexibility index (Phi) is 4.83. The first kappa shape index (κ1) is 13.3. The van der Waals surface area contributed by atoms with Crippen molar-refractivity contribution in [3.8, 4) is 0 Å². The highest BCUT2D eigenvalue weighted by atomic mass is 16.5. The average Bonchev–Trinajstić information content (AvgIpc) is 2.32. The maximum Gasteiger partial charge on any atom is 0.0724 e. The van der Waals surface area contributed by atoms with Crippen molar-refractivity contribution in [3.63, 3.8) is 0 Å². The van der Waals surface area contributed by atoms with Crippen molar-refractivity contribution in [2.45, 2.75) is 51.2 Å². The molecule has 1 saturated heterocycles.